The molecule has 13 rings (SSSR count). The summed E-state index contributed by atoms with van der Waals surface area (Å²) in [5.74, 6) is -1.81. The van der Waals surface area contributed by atoms with E-state index in [0.717, 1.165) is 33.4 Å². The van der Waals surface area contributed by atoms with Gasteiger partial charge in [0.15, 0.2) is 23.3 Å². The average molecular weight is 1170 g/mol. The highest BCUT2D eigenvalue weighted by atomic mass is 16.5. The molecule has 7 aromatic carbocycles. The van der Waals surface area contributed by atoms with Gasteiger partial charge in [-0.1, -0.05) is 74.8 Å². The maximum atomic E-state index is 15.2. The van der Waals surface area contributed by atoms with E-state index in [1.807, 2.05) is 0 Å². The van der Waals surface area contributed by atoms with Crippen molar-refractivity contribution in [1.29, 1.82) is 0 Å². The second-order valence-corrected chi connectivity index (χ2v) is 19.9. The molecule has 13 aromatic rings. The van der Waals surface area contributed by atoms with E-state index in [9.17, 15) is 19.2 Å². The number of rotatable bonds is 18. The molecule has 0 amide bonds. The molecule has 88 heavy (non-hydrogen) atoms. The minimum Gasteiger partial charge on any atom is -0.454 e. The molecule has 0 radical (unpaired) electrons. The van der Waals surface area contributed by atoms with Crippen molar-refractivity contribution >= 4 is 89.6 Å². The van der Waals surface area contributed by atoms with Crippen molar-refractivity contribution in [2.75, 3.05) is 0 Å². The zero-order chi connectivity index (χ0) is 61.1. The van der Waals surface area contributed by atoms with Gasteiger partial charge in [-0.15, -0.1) is 0 Å². The molecule has 0 saturated heterocycles. The van der Waals surface area contributed by atoms with E-state index in [2.05, 4.69) is 26.3 Å². The number of benzene rings is 7. The van der Waals surface area contributed by atoms with Crippen molar-refractivity contribution in [2.45, 2.75) is 26.4 Å². The van der Waals surface area contributed by atoms with Gasteiger partial charge in [-0.05, 0) is 97.1 Å². The Kier molecular flexibility index (Phi) is 13.7. The Labute approximate surface area is 494 Å². The molecule has 0 bridgehead atoms. The average Bonchev–Trinajstić information content (AvgIpc) is 2.03. The second-order valence-electron chi connectivity index (χ2n) is 19.9. The highest BCUT2D eigenvalue weighted by Crippen LogP contribution is 2.33. The van der Waals surface area contributed by atoms with Gasteiger partial charge in [0, 0.05) is 24.3 Å². The Morgan fingerprint density at radius 2 is 0.523 bits per heavy atom. The Morgan fingerprint density at radius 3 is 0.739 bits per heavy atom. The molecule has 22 nitrogen and oxygen atoms in total. The first-order valence-electron chi connectivity index (χ1n) is 27.0. The van der Waals surface area contributed by atoms with Crippen molar-refractivity contribution in [3.63, 3.8) is 0 Å². The van der Waals surface area contributed by atoms with Crippen LogP contribution in [0.2, 0.25) is 0 Å². The molecular formula is C66H44N10O12. The predicted molar refractivity (Wildman–Crippen MR) is 326 cm³/mol. The van der Waals surface area contributed by atoms with Crippen LogP contribution in [0.15, 0.2) is 215 Å². The van der Waals surface area contributed by atoms with Gasteiger partial charge < -0.3 is 18.9 Å². The van der Waals surface area contributed by atoms with Crippen LogP contribution in [0.4, 0.5) is 0 Å². The van der Waals surface area contributed by atoms with Gasteiger partial charge in [0.05, 0.1) is 99.8 Å². The van der Waals surface area contributed by atoms with Gasteiger partial charge in [-0.3, -0.25) is 37.4 Å². The van der Waals surface area contributed by atoms with Crippen molar-refractivity contribution < 1.29 is 38.1 Å². The number of hydrogen-bond acceptors (Lipinski definition) is 16. The number of carbonyl (C=O) groups excluding carboxylic acids is 4. The molecule has 6 aromatic heterocycles. The van der Waals surface area contributed by atoms with Crippen LogP contribution in [0.5, 0.6) is 0 Å². The van der Waals surface area contributed by atoms with Gasteiger partial charge in [-0.2, -0.15) is 0 Å². The van der Waals surface area contributed by atoms with E-state index in [1.54, 1.807) is 152 Å². The SMILES string of the molecule is C=CC(=O)OCc1nc2ccccc2n1-c1cc(-n2c(=O)c3cc4c(=O)n(-c5cc(-n6c(COC(=O)C=C)nc7ccccc76)cc(-n6c(COC(=O)C=C)nc7ccccc76)c5)c(=O)c4cc3c2=O)cc(-n2c(COC(=O)C=C)nc3ccccc32)c1. The van der Waals surface area contributed by atoms with Gasteiger partial charge in [0.2, 0.25) is 0 Å². The lowest BCUT2D eigenvalue weighted by Gasteiger charge is -2.16. The maximum Gasteiger partial charge on any atom is 0.330 e. The summed E-state index contributed by atoms with van der Waals surface area (Å²) in [5, 5.41) is -0.739. The summed E-state index contributed by atoms with van der Waals surface area (Å²) in [6, 6.07) is 40.7. The van der Waals surface area contributed by atoms with E-state index in [1.165, 1.54) is 12.1 Å². The molecule has 0 saturated carbocycles. The number of nitrogens with zero attached hydrogens (tertiary/aromatic N) is 10. The van der Waals surface area contributed by atoms with Crippen LogP contribution in [0.1, 0.15) is 23.3 Å². The van der Waals surface area contributed by atoms with Crippen LogP contribution < -0.4 is 22.2 Å². The topological polar surface area (TPSA) is 255 Å². The number of hydrogen-bond donors (Lipinski definition) is 0. The van der Waals surface area contributed by atoms with Crippen LogP contribution >= 0.6 is 0 Å². The summed E-state index contributed by atoms with van der Waals surface area (Å²) < 4.78 is 30.7. The molecule has 430 valence electrons. The lowest BCUT2D eigenvalue weighted by atomic mass is 10.1. The van der Waals surface area contributed by atoms with Crippen molar-refractivity contribution in [2.24, 2.45) is 0 Å². The first-order chi connectivity index (χ1) is 42.7. The van der Waals surface area contributed by atoms with E-state index >= 15 is 19.2 Å². The van der Waals surface area contributed by atoms with Gasteiger partial charge in [0.25, 0.3) is 22.2 Å². The summed E-state index contributed by atoms with van der Waals surface area (Å²) in [5.41, 5.74) is 2.34. The van der Waals surface area contributed by atoms with E-state index < -0.39 is 46.1 Å². The fraction of sp³-hybridized carbons (Fsp3) is 0.0606. The van der Waals surface area contributed by atoms with E-state index in [0.29, 0.717) is 66.9 Å². The Hall–Kier alpha value is -12.5. The molecule has 0 unspecified atom stereocenters. The highest BCUT2D eigenvalue weighted by molar-refractivity contribution is 5.99. The van der Waals surface area contributed by atoms with Crippen molar-refractivity contribution in [3.05, 3.63) is 261 Å². The number of esters is 4. The number of carbonyl (C=O) groups is 4. The third-order valence-electron chi connectivity index (χ3n) is 14.8. The molecule has 0 spiro atoms. The number of ether oxygens (including phenoxy) is 4. The molecule has 0 fully saturated rings. The summed E-state index contributed by atoms with van der Waals surface area (Å²) in [4.78, 5) is 130. The van der Waals surface area contributed by atoms with Crippen LogP contribution in [0.25, 0.3) is 99.8 Å². The smallest absolute Gasteiger partial charge is 0.330 e. The lowest BCUT2D eigenvalue weighted by molar-refractivity contribution is -0.140. The molecule has 0 aliphatic rings. The molecule has 0 aliphatic heterocycles. The molecule has 0 N–H and O–H groups in total. The largest absolute Gasteiger partial charge is 0.454 e. The zero-order valence-corrected chi connectivity index (χ0v) is 46.2. The fourth-order valence-electron chi connectivity index (χ4n) is 11.0. The van der Waals surface area contributed by atoms with Crippen LogP contribution in [0.3, 0.4) is 0 Å². The van der Waals surface area contributed by atoms with Crippen LogP contribution in [0, 0.1) is 0 Å². The third-order valence-corrected chi connectivity index (χ3v) is 14.8. The van der Waals surface area contributed by atoms with Gasteiger partial charge in [-0.25, -0.2) is 48.2 Å². The second kappa shape index (κ2) is 21.9. The van der Waals surface area contributed by atoms with Crippen molar-refractivity contribution in [1.82, 2.24) is 47.3 Å². The number of aromatic nitrogens is 10. The quantitative estimate of drug-likeness (QED) is 0.0446. The Bertz CT molecular complexity index is 4760. The van der Waals surface area contributed by atoms with Crippen LogP contribution in [-0.4, -0.2) is 71.2 Å². The van der Waals surface area contributed by atoms with Gasteiger partial charge in [0.1, 0.15) is 26.4 Å². The normalized spacial score (nSPS) is 11.5. The molecule has 6 heterocycles. The van der Waals surface area contributed by atoms with E-state index in [-0.39, 0.29) is 82.6 Å². The highest BCUT2D eigenvalue weighted by Gasteiger charge is 2.27. The third kappa shape index (κ3) is 9.34. The summed E-state index contributed by atoms with van der Waals surface area (Å²) in [7, 11) is 0. The first kappa shape index (κ1) is 54.8. The number of fused-ring (bicyclic) bond motifs is 6. The van der Waals surface area contributed by atoms with Gasteiger partial charge >= 0.3 is 23.9 Å². The van der Waals surface area contributed by atoms with E-state index in [4.69, 9.17) is 38.9 Å². The Balaban J connectivity index is 1.02. The first-order valence-corrected chi connectivity index (χ1v) is 27.0. The number of imidazole rings is 4. The predicted octanol–water partition coefficient (Wildman–Crippen LogP) is 8.16. The minimum atomic E-state index is -0.839. The maximum absolute atomic E-state index is 15.2. The molecular weight excluding hydrogens is 1120 g/mol. The lowest BCUT2D eigenvalue weighted by Crippen LogP contribution is -2.24. The zero-order valence-electron chi connectivity index (χ0n) is 46.2. The fourth-order valence-corrected chi connectivity index (χ4v) is 11.0. The summed E-state index contributed by atoms with van der Waals surface area (Å²) >= 11 is 0. The van der Waals surface area contributed by atoms with Crippen molar-refractivity contribution in [3.8, 4) is 34.1 Å². The number of para-hydroxylation sites is 8. The molecule has 0 aliphatic carbocycles. The standard InChI is InChI=1S/C66H44N10O12/c1-5-59(77)85-33-55-67-47-17-9-13-21-51(47)71(55)37-25-38(72-52-22-14-10-18-48(52)68-56(72)34-86-60(78)6-2)28-41(27-37)75-63(81)43-31-45-46(32-44(43)64(75)82)66(84)76(65(45)83)42-29-39(73-53-23-15-11-19-49(53)69-57(73)35-87-61(79)7-3)26-40(30-42)74-54-24-16-12-20-50(54)70-58(74)36-88-62(80)8-4/h5-32H,1-4,33-36H2. The summed E-state index contributed by atoms with van der Waals surface area (Å²) in [6.45, 7) is 12.8. The minimum absolute atomic E-state index is 0.0254. The summed E-state index contributed by atoms with van der Waals surface area (Å²) in [6.07, 6.45) is 4.07. The Morgan fingerprint density at radius 1 is 0.318 bits per heavy atom. The van der Waals surface area contributed by atoms with Crippen LogP contribution in [-0.2, 0) is 64.6 Å². The monoisotopic (exact) mass is 1170 g/mol. The molecule has 22 heteroatoms. The molecule has 0 atom stereocenters.